The topological polar surface area (TPSA) is 58.4 Å². The number of nitrogens with zero attached hydrogens (tertiary/aromatic N) is 1. The third kappa shape index (κ3) is 2.80. The molecule has 98 valence electrons. The average molecular weight is 239 g/mol. The Balaban J connectivity index is 1.76. The van der Waals surface area contributed by atoms with Gasteiger partial charge in [-0.1, -0.05) is 6.92 Å². The van der Waals surface area contributed by atoms with Crippen LogP contribution in [0.25, 0.3) is 0 Å². The standard InChI is InChI=1S/C13H25N3O/c1-9(7-14)13(17)15-8-10-5-11-3-4-12(6-10)16(11)2/h9-12H,3-8,14H2,1-2H3,(H,15,17). The lowest BCUT2D eigenvalue weighted by Gasteiger charge is -2.36. The fraction of sp³-hybridized carbons (Fsp3) is 0.923. The van der Waals surface area contributed by atoms with Crippen LogP contribution in [-0.2, 0) is 4.79 Å². The maximum atomic E-state index is 11.7. The summed E-state index contributed by atoms with van der Waals surface area (Å²) in [5.74, 6) is 0.717. The van der Waals surface area contributed by atoms with Crippen molar-refractivity contribution in [1.29, 1.82) is 0 Å². The molecule has 0 aromatic heterocycles. The van der Waals surface area contributed by atoms with Crippen LogP contribution in [0.15, 0.2) is 0 Å². The number of hydrogen-bond acceptors (Lipinski definition) is 3. The molecule has 3 unspecified atom stereocenters. The monoisotopic (exact) mass is 239 g/mol. The second-order valence-corrected chi connectivity index (χ2v) is 5.77. The van der Waals surface area contributed by atoms with Crippen LogP contribution in [0.5, 0.6) is 0 Å². The predicted octanol–water partition coefficient (Wildman–Crippen LogP) is 0.570. The van der Waals surface area contributed by atoms with E-state index in [0.717, 1.165) is 18.6 Å². The zero-order valence-electron chi connectivity index (χ0n) is 11.0. The van der Waals surface area contributed by atoms with Crippen LogP contribution in [0.2, 0.25) is 0 Å². The molecule has 2 heterocycles. The first kappa shape index (κ1) is 12.8. The smallest absolute Gasteiger partial charge is 0.224 e. The molecule has 2 fully saturated rings. The zero-order valence-corrected chi connectivity index (χ0v) is 11.0. The molecule has 0 aromatic carbocycles. The van der Waals surface area contributed by atoms with Crippen molar-refractivity contribution < 1.29 is 4.79 Å². The summed E-state index contributed by atoms with van der Waals surface area (Å²) in [6.45, 7) is 3.15. The summed E-state index contributed by atoms with van der Waals surface area (Å²) in [6, 6.07) is 1.50. The first-order valence-electron chi connectivity index (χ1n) is 6.81. The summed E-state index contributed by atoms with van der Waals surface area (Å²) in [4.78, 5) is 14.2. The number of carbonyl (C=O) groups excluding carboxylic acids is 1. The van der Waals surface area contributed by atoms with Crippen LogP contribution < -0.4 is 11.1 Å². The summed E-state index contributed by atoms with van der Waals surface area (Å²) >= 11 is 0. The van der Waals surface area contributed by atoms with Gasteiger partial charge in [0.2, 0.25) is 5.91 Å². The van der Waals surface area contributed by atoms with E-state index in [-0.39, 0.29) is 11.8 Å². The minimum Gasteiger partial charge on any atom is -0.356 e. The highest BCUT2D eigenvalue weighted by Gasteiger charge is 2.38. The van der Waals surface area contributed by atoms with E-state index in [1.165, 1.54) is 25.7 Å². The highest BCUT2D eigenvalue weighted by atomic mass is 16.1. The molecule has 0 radical (unpaired) electrons. The van der Waals surface area contributed by atoms with Gasteiger partial charge in [0.05, 0.1) is 0 Å². The summed E-state index contributed by atoms with van der Waals surface area (Å²) in [5.41, 5.74) is 5.49. The third-order valence-electron chi connectivity index (χ3n) is 4.56. The molecule has 4 heteroatoms. The van der Waals surface area contributed by atoms with Crippen molar-refractivity contribution in [2.75, 3.05) is 20.1 Å². The van der Waals surface area contributed by atoms with E-state index in [1.54, 1.807) is 0 Å². The summed E-state index contributed by atoms with van der Waals surface area (Å²) < 4.78 is 0. The molecule has 0 aliphatic carbocycles. The van der Waals surface area contributed by atoms with Gasteiger partial charge in [-0.05, 0) is 38.6 Å². The molecular formula is C13H25N3O. The minimum absolute atomic E-state index is 0.0574. The van der Waals surface area contributed by atoms with Crippen LogP contribution in [-0.4, -0.2) is 43.0 Å². The lowest BCUT2D eigenvalue weighted by molar-refractivity contribution is -0.124. The molecule has 0 spiro atoms. The lowest BCUT2D eigenvalue weighted by Crippen LogP contribution is -2.44. The lowest BCUT2D eigenvalue weighted by atomic mass is 9.91. The zero-order chi connectivity index (χ0) is 12.4. The third-order valence-corrected chi connectivity index (χ3v) is 4.56. The number of piperidine rings is 1. The number of nitrogens with one attached hydrogen (secondary N) is 1. The van der Waals surface area contributed by atoms with Gasteiger partial charge in [0.15, 0.2) is 0 Å². The molecule has 2 aliphatic heterocycles. The molecule has 1 amide bonds. The van der Waals surface area contributed by atoms with E-state index in [0.29, 0.717) is 12.5 Å². The van der Waals surface area contributed by atoms with Gasteiger partial charge in [-0.3, -0.25) is 4.79 Å². The molecule has 3 atom stereocenters. The molecule has 3 N–H and O–H groups in total. The average Bonchev–Trinajstić information content (AvgIpc) is 2.57. The molecule has 2 bridgehead atoms. The Morgan fingerprint density at radius 3 is 2.53 bits per heavy atom. The van der Waals surface area contributed by atoms with Crippen molar-refractivity contribution in [3.8, 4) is 0 Å². The number of carbonyl (C=O) groups is 1. The minimum atomic E-state index is -0.0574. The molecule has 2 aliphatic rings. The molecule has 0 aromatic rings. The SMILES string of the molecule is CC(CN)C(=O)NCC1CC2CCC(C1)N2C. The van der Waals surface area contributed by atoms with Crippen LogP contribution in [0.1, 0.15) is 32.6 Å². The van der Waals surface area contributed by atoms with Crippen molar-refractivity contribution in [2.45, 2.75) is 44.7 Å². The summed E-state index contributed by atoms with van der Waals surface area (Å²) in [6.07, 6.45) is 5.16. The van der Waals surface area contributed by atoms with Gasteiger partial charge < -0.3 is 16.0 Å². The quantitative estimate of drug-likeness (QED) is 0.754. The van der Waals surface area contributed by atoms with E-state index in [1.807, 2.05) is 6.92 Å². The molecule has 0 saturated carbocycles. The predicted molar refractivity (Wildman–Crippen MR) is 68.5 cm³/mol. The highest BCUT2D eigenvalue weighted by molar-refractivity contribution is 5.78. The van der Waals surface area contributed by atoms with E-state index in [9.17, 15) is 4.79 Å². The van der Waals surface area contributed by atoms with Crippen LogP contribution in [0.4, 0.5) is 0 Å². The normalized spacial score (nSPS) is 34.6. The summed E-state index contributed by atoms with van der Waals surface area (Å²) in [5, 5.41) is 3.05. The molecule has 2 saturated heterocycles. The maximum absolute atomic E-state index is 11.7. The number of hydrogen-bond donors (Lipinski definition) is 2. The van der Waals surface area contributed by atoms with Gasteiger partial charge in [0, 0.05) is 31.1 Å². The molecule has 17 heavy (non-hydrogen) atoms. The van der Waals surface area contributed by atoms with Crippen molar-refractivity contribution >= 4 is 5.91 Å². The molecule has 4 nitrogen and oxygen atoms in total. The van der Waals surface area contributed by atoms with Crippen molar-refractivity contribution in [3.05, 3.63) is 0 Å². The fourth-order valence-corrected chi connectivity index (χ4v) is 3.22. The molecular weight excluding hydrogens is 214 g/mol. The Morgan fingerprint density at radius 1 is 1.41 bits per heavy atom. The highest BCUT2D eigenvalue weighted by Crippen LogP contribution is 2.36. The second-order valence-electron chi connectivity index (χ2n) is 5.77. The Kier molecular flexibility index (Phi) is 4.05. The van der Waals surface area contributed by atoms with E-state index in [2.05, 4.69) is 17.3 Å². The van der Waals surface area contributed by atoms with Gasteiger partial charge >= 0.3 is 0 Å². The van der Waals surface area contributed by atoms with Crippen molar-refractivity contribution in [1.82, 2.24) is 10.2 Å². The Bertz CT molecular complexity index is 268. The number of rotatable bonds is 4. The first-order chi connectivity index (χ1) is 8.11. The maximum Gasteiger partial charge on any atom is 0.224 e. The summed E-state index contributed by atoms with van der Waals surface area (Å²) in [7, 11) is 2.24. The number of amides is 1. The van der Waals surface area contributed by atoms with Gasteiger partial charge in [-0.15, -0.1) is 0 Å². The van der Waals surface area contributed by atoms with E-state index >= 15 is 0 Å². The van der Waals surface area contributed by atoms with Gasteiger partial charge in [-0.25, -0.2) is 0 Å². The fourth-order valence-electron chi connectivity index (χ4n) is 3.22. The largest absolute Gasteiger partial charge is 0.356 e. The van der Waals surface area contributed by atoms with Gasteiger partial charge in [-0.2, -0.15) is 0 Å². The van der Waals surface area contributed by atoms with E-state index < -0.39 is 0 Å². The van der Waals surface area contributed by atoms with Gasteiger partial charge in [0.25, 0.3) is 0 Å². The Hall–Kier alpha value is -0.610. The van der Waals surface area contributed by atoms with E-state index in [4.69, 9.17) is 5.73 Å². The Morgan fingerprint density at radius 2 is 2.00 bits per heavy atom. The first-order valence-corrected chi connectivity index (χ1v) is 6.81. The number of fused-ring (bicyclic) bond motifs is 2. The molecule has 2 rings (SSSR count). The van der Waals surface area contributed by atoms with Crippen LogP contribution in [0.3, 0.4) is 0 Å². The van der Waals surface area contributed by atoms with Crippen molar-refractivity contribution in [3.63, 3.8) is 0 Å². The van der Waals surface area contributed by atoms with Crippen LogP contribution >= 0.6 is 0 Å². The second kappa shape index (κ2) is 5.36. The Labute approximate surface area is 104 Å². The van der Waals surface area contributed by atoms with Crippen LogP contribution in [0, 0.1) is 11.8 Å². The van der Waals surface area contributed by atoms with Gasteiger partial charge in [0.1, 0.15) is 0 Å². The van der Waals surface area contributed by atoms with Crippen molar-refractivity contribution in [2.24, 2.45) is 17.6 Å². The number of nitrogens with two attached hydrogens (primary N) is 1.